The highest BCUT2D eigenvalue weighted by atomic mass is 79.9. The van der Waals surface area contributed by atoms with Gasteiger partial charge in [0.1, 0.15) is 10.2 Å². The molecule has 0 aromatic carbocycles. The molecule has 2 rings (SSSR count). The van der Waals surface area contributed by atoms with Crippen LogP contribution in [0.5, 0.6) is 0 Å². The van der Waals surface area contributed by atoms with Crippen molar-refractivity contribution in [3.05, 3.63) is 22.8 Å². The van der Waals surface area contributed by atoms with Crippen molar-refractivity contribution in [1.29, 1.82) is 0 Å². The number of aromatic nitrogens is 1. The van der Waals surface area contributed by atoms with Crippen LogP contribution in [0.15, 0.2) is 27.8 Å². The Kier molecular flexibility index (Phi) is 5.54. The summed E-state index contributed by atoms with van der Waals surface area (Å²) in [6.07, 6.45) is 1.89. The molecule has 0 radical (unpaired) electrons. The first-order valence-corrected chi connectivity index (χ1v) is 8.78. The van der Waals surface area contributed by atoms with Gasteiger partial charge in [-0.05, 0) is 61.7 Å². The molecule has 116 valence electrons. The minimum Gasteiger partial charge on any atom is -0.444 e. The Labute approximate surface area is 138 Å². The molecule has 6 heteroatoms. The highest BCUT2D eigenvalue weighted by Crippen LogP contribution is 2.29. The first-order chi connectivity index (χ1) is 9.83. The fourth-order valence-electron chi connectivity index (χ4n) is 2.15. The quantitative estimate of drug-likeness (QED) is 0.724. The van der Waals surface area contributed by atoms with Crippen LogP contribution >= 0.6 is 27.7 Å². The zero-order valence-electron chi connectivity index (χ0n) is 12.6. The van der Waals surface area contributed by atoms with E-state index >= 15 is 0 Å². The Balaban J connectivity index is 1.93. The molecule has 1 aromatic heterocycles. The van der Waals surface area contributed by atoms with Crippen molar-refractivity contribution in [2.45, 2.75) is 49.5 Å². The van der Waals surface area contributed by atoms with Gasteiger partial charge in [0.15, 0.2) is 0 Å². The molecule has 1 saturated heterocycles. The molecule has 0 unspecified atom stereocenters. The second kappa shape index (κ2) is 7.01. The van der Waals surface area contributed by atoms with Gasteiger partial charge in [0, 0.05) is 18.3 Å². The van der Waals surface area contributed by atoms with Crippen molar-refractivity contribution in [2.75, 3.05) is 13.1 Å². The summed E-state index contributed by atoms with van der Waals surface area (Å²) in [6.45, 7) is 7.18. The molecule has 2 heterocycles. The molecule has 0 N–H and O–H groups in total. The number of carbonyl (C=O) groups excluding carboxylic acids is 1. The van der Waals surface area contributed by atoms with Gasteiger partial charge < -0.3 is 9.64 Å². The number of nitrogens with zero attached hydrogens (tertiary/aromatic N) is 2. The molecule has 1 aromatic rings. The lowest BCUT2D eigenvalue weighted by atomic mass is 10.1. The number of hydrogen-bond donors (Lipinski definition) is 0. The number of hydrogen-bond acceptors (Lipinski definition) is 4. The Hall–Kier alpha value is -0.750. The van der Waals surface area contributed by atoms with Crippen LogP contribution in [0.2, 0.25) is 0 Å². The van der Waals surface area contributed by atoms with Gasteiger partial charge in [-0.15, -0.1) is 11.8 Å². The number of likely N-dealkylation sites (tertiary alicyclic amines) is 1. The average Bonchev–Trinajstić information content (AvgIpc) is 2.37. The van der Waals surface area contributed by atoms with E-state index in [9.17, 15) is 4.79 Å². The molecule has 1 amide bonds. The number of carbonyl (C=O) groups is 1. The van der Waals surface area contributed by atoms with Gasteiger partial charge in [0.25, 0.3) is 0 Å². The summed E-state index contributed by atoms with van der Waals surface area (Å²) < 4.78 is 6.29. The van der Waals surface area contributed by atoms with Crippen molar-refractivity contribution in [3.63, 3.8) is 0 Å². The van der Waals surface area contributed by atoms with Crippen LogP contribution in [0.3, 0.4) is 0 Å². The summed E-state index contributed by atoms with van der Waals surface area (Å²) in [4.78, 5) is 18.4. The fraction of sp³-hybridized carbons (Fsp3) is 0.600. The maximum atomic E-state index is 12.1. The second-order valence-electron chi connectivity index (χ2n) is 6.11. The SMILES string of the molecule is CC(C)(C)OC(=O)N1CCC[C@@H](Sc2cccc(Br)n2)C1. The summed E-state index contributed by atoms with van der Waals surface area (Å²) in [5, 5.41) is 1.36. The van der Waals surface area contributed by atoms with E-state index in [1.165, 1.54) is 0 Å². The molecular weight excluding hydrogens is 352 g/mol. The molecule has 21 heavy (non-hydrogen) atoms. The Morgan fingerprint density at radius 2 is 2.24 bits per heavy atom. The zero-order chi connectivity index (χ0) is 15.5. The van der Waals surface area contributed by atoms with Gasteiger partial charge >= 0.3 is 6.09 Å². The van der Waals surface area contributed by atoms with Crippen LogP contribution in [0, 0.1) is 0 Å². The minimum absolute atomic E-state index is 0.213. The third-order valence-electron chi connectivity index (χ3n) is 3.01. The van der Waals surface area contributed by atoms with E-state index in [0.29, 0.717) is 11.8 Å². The number of thioether (sulfide) groups is 1. The first kappa shape index (κ1) is 16.6. The monoisotopic (exact) mass is 372 g/mol. The van der Waals surface area contributed by atoms with Crippen molar-refractivity contribution in [1.82, 2.24) is 9.88 Å². The third kappa shape index (κ3) is 5.51. The number of rotatable bonds is 2. The van der Waals surface area contributed by atoms with E-state index in [1.807, 2.05) is 43.9 Å². The molecular formula is C15H21BrN2O2S. The van der Waals surface area contributed by atoms with Crippen LogP contribution in [-0.4, -0.2) is 39.9 Å². The number of amides is 1. The van der Waals surface area contributed by atoms with Crippen molar-refractivity contribution in [2.24, 2.45) is 0 Å². The van der Waals surface area contributed by atoms with Crippen LogP contribution in [0.25, 0.3) is 0 Å². The van der Waals surface area contributed by atoms with E-state index in [1.54, 1.807) is 11.8 Å². The normalized spacial score (nSPS) is 19.4. The number of piperidine rings is 1. The first-order valence-electron chi connectivity index (χ1n) is 7.10. The number of halogens is 1. The summed E-state index contributed by atoms with van der Waals surface area (Å²) in [7, 11) is 0. The van der Waals surface area contributed by atoms with E-state index in [0.717, 1.165) is 29.0 Å². The number of pyridine rings is 1. The largest absolute Gasteiger partial charge is 0.444 e. The van der Waals surface area contributed by atoms with Crippen molar-refractivity contribution in [3.8, 4) is 0 Å². The molecule has 0 bridgehead atoms. The summed E-state index contributed by atoms with van der Waals surface area (Å²) in [6, 6.07) is 5.90. The summed E-state index contributed by atoms with van der Waals surface area (Å²) in [5.74, 6) is 0. The Bertz CT molecular complexity index is 505. The van der Waals surface area contributed by atoms with Gasteiger partial charge in [-0.2, -0.15) is 0 Å². The zero-order valence-corrected chi connectivity index (χ0v) is 15.0. The highest BCUT2D eigenvalue weighted by Gasteiger charge is 2.28. The minimum atomic E-state index is -0.441. The van der Waals surface area contributed by atoms with Crippen LogP contribution in [0.4, 0.5) is 4.79 Å². The molecule has 1 atom stereocenters. The van der Waals surface area contributed by atoms with Gasteiger partial charge in [-0.1, -0.05) is 6.07 Å². The average molecular weight is 373 g/mol. The van der Waals surface area contributed by atoms with Crippen molar-refractivity contribution >= 4 is 33.8 Å². The highest BCUT2D eigenvalue weighted by molar-refractivity contribution is 9.10. The Morgan fingerprint density at radius 1 is 1.48 bits per heavy atom. The molecule has 1 aliphatic heterocycles. The van der Waals surface area contributed by atoms with E-state index < -0.39 is 5.60 Å². The van der Waals surface area contributed by atoms with E-state index in [2.05, 4.69) is 20.9 Å². The van der Waals surface area contributed by atoms with Crippen LogP contribution in [0.1, 0.15) is 33.6 Å². The summed E-state index contributed by atoms with van der Waals surface area (Å²) >= 11 is 5.11. The molecule has 0 spiro atoms. The lowest BCUT2D eigenvalue weighted by molar-refractivity contribution is 0.0220. The van der Waals surface area contributed by atoms with Crippen LogP contribution in [-0.2, 0) is 4.74 Å². The van der Waals surface area contributed by atoms with Gasteiger partial charge in [-0.3, -0.25) is 0 Å². The molecule has 0 aliphatic carbocycles. The number of ether oxygens (including phenoxy) is 1. The Morgan fingerprint density at radius 3 is 2.90 bits per heavy atom. The smallest absolute Gasteiger partial charge is 0.410 e. The third-order valence-corrected chi connectivity index (χ3v) is 4.64. The standard InChI is InChI=1S/C15H21BrN2O2S/c1-15(2,3)20-14(19)18-9-5-6-11(10-18)21-13-8-4-7-12(16)17-13/h4,7-8,11H,5-6,9-10H2,1-3H3/t11-/m1/s1. The van der Waals surface area contributed by atoms with Gasteiger partial charge in [0.2, 0.25) is 0 Å². The maximum absolute atomic E-state index is 12.1. The van der Waals surface area contributed by atoms with Crippen molar-refractivity contribution < 1.29 is 9.53 Å². The van der Waals surface area contributed by atoms with Gasteiger partial charge in [-0.25, -0.2) is 9.78 Å². The molecule has 0 saturated carbocycles. The predicted octanol–water partition coefficient (Wildman–Crippen LogP) is 4.34. The van der Waals surface area contributed by atoms with E-state index in [-0.39, 0.29) is 6.09 Å². The second-order valence-corrected chi connectivity index (χ2v) is 8.24. The molecule has 1 aliphatic rings. The summed E-state index contributed by atoms with van der Waals surface area (Å²) in [5.41, 5.74) is -0.441. The fourth-order valence-corrected chi connectivity index (χ4v) is 3.80. The van der Waals surface area contributed by atoms with E-state index in [4.69, 9.17) is 4.74 Å². The lowest BCUT2D eigenvalue weighted by Gasteiger charge is -2.33. The molecule has 1 fully saturated rings. The maximum Gasteiger partial charge on any atom is 0.410 e. The molecule has 4 nitrogen and oxygen atoms in total. The lowest BCUT2D eigenvalue weighted by Crippen LogP contribution is -2.43. The van der Waals surface area contributed by atoms with Gasteiger partial charge in [0.05, 0.1) is 5.03 Å². The van der Waals surface area contributed by atoms with Crippen LogP contribution < -0.4 is 0 Å². The topological polar surface area (TPSA) is 42.4 Å². The predicted molar refractivity (Wildman–Crippen MR) is 88.6 cm³/mol.